The van der Waals surface area contributed by atoms with Gasteiger partial charge in [0.15, 0.2) is 0 Å². The Morgan fingerprint density at radius 3 is 2.04 bits per heavy atom. The van der Waals surface area contributed by atoms with E-state index in [1.807, 2.05) is 19.1 Å². The van der Waals surface area contributed by atoms with E-state index in [9.17, 15) is 8.42 Å². The Morgan fingerprint density at radius 2 is 1.54 bits per heavy atom. The van der Waals surface area contributed by atoms with Crippen LogP contribution in [-0.4, -0.2) is 35.5 Å². The summed E-state index contributed by atoms with van der Waals surface area (Å²) >= 11 is 0. The molecule has 0 aliphatic carbocycles. The quantitative estimate of drug-likeness (QED) is 0.683. The molecule has 0 spiro atoms. The molecule has 0 unspecified atom stereocenters. The maximum absolute atomic E-state index is 12.4. The summed E-state index contributed by atoms with van der Waals surface area (Å²) < 4.78 is 43.2. The van der Waals surface area contributed by atoms with E-state index in [0.29, 0.717) is 34.2 Å². The first-order valence-corrected chi connectivity index (χ1v) is 9.60. The third-order valence-corrected chi connectivity index (χ3v) is 5.16. The molecule has 0 heterocycles. The monoisotopic (exact) mass is 380 g/mol. The first-order valence-electron chi connectivity index (χ1n) is 7.95. The maximum Gasteiger partial charge on any atom is 0.233 e. The Hall–Kier alpha value is -2.61. The summed E-state index contributed by atoms with van der Waals surface area (Å²) in [4.78, 5) is 0. The molecule has 0 amide bonds. The fraction of sp³-hybridized carbons (Fsp3) is 0.333. The largest absolute Gasteiger partial charge is 0.496 e. The summed E-state index contributed by atoms with van der Waals surface area (Å²) in [6, 6.07) is 8.42. The SMILES string of the molecule is COc1ccc(NS(=O)(=O)CCc2c(OC)cc(C)cc2OC)cc1N. The Balaban J connectivity index is 2.17. The highest BCUT2D eigenvalue weighted by atomic mass is 32.2. The van der Waals surface area contributed by atoms with Crippen molar-refractivity contribution in [3.63, 3.8) is 0 Å². The third-order valence-electron chi connectivity index (χ3n) is 3.88. The number of nitrogens with one attached hydrogen (secondary N) is 1. The lowest BCUT2D eigenvalue weighted by Gasteiger charge is -2.15. The minimum Gasteiger partial charge on any atom is -0.496 e. The Kier molecular flexibility index (Phi) is 6.20. The van der Waals surface area contributed by atoms with Gasteiger partial charge in [0.2, 0.25) is 10.0 Å². The Morgan fingerprint density at radius 1 is 0.962 bits per heavy atom. The van der Waals surface area contributed by atoms with Crippen molar-refractivity contribution in [3.05, 3.63) is 41.5 Å². The van der Waals surface area contributed by atoms with Gasteiger partial charge in [-0.05, 0) is 49.2 Å². The topological polar surface area (TPSA) is 99.9 Å². The van der Waals surface area contributed by atoms with Gasteiger partial charge in [0.05, 0.1) is 38.5 Å². The molecule has 2 aromatic carbocycles. The number of aryl methyl sites for hydroxylation is 1. The summed E-state index contributed by atoms with van der Waals surface area (Å²) in [5.41, 5.74) is 8.23. The van der Waals surface area contributed by atoms with Gasteiger partial charge < -0.3 is 19.9 Å². The molecule has 0 saturated heterocycles. The van der Waals surface area contributed by atoms with E-state index in [-0.39, 0.29) is 12.2 Å². The molecular weight excluding hydrogens is 356 g/mol. The molecule has 3 N–H and O–H groups in total. The molecule has 26 heavy (non-hydrogen) atoms. The van der Waals surface area contributed by atoms with Crippen LogP contribution in [0.5, 0.6) is 17.2 Å². The number of benzene rings is 2. The fourth-order valence-electron chi connectivity index (χ4n) is 2.63. The zero-order chi connectivity index (χ0) is 19.3. The van der Waals surface area contributed by atoms with Crippen LogP contribution < -0.4 is 24.7 Å². The average molecular weight is 380 g/mol. The molecule has 142 valence electrons. The van der Waals surface area contributed by atoms with E-state index in [2.05, 4.69) is 4.72 Å². The van der Waals surface area contributed by atoms with Crippen LogP contribution in [0, 0.1) is 6.92 Å². The van der Waals surface area contributed by atoms with Gasteiger partial charge in [0, 0.05) is 5.56 Å². The number of anilines is 2. The van der Waals surface area contributed by atoms with Crippen LogP contribution in [0.25, 0.3) is 0 Å². The van der Waals surface area contributed by atoms with Crippen molar-refractivity contribution >= 4 is 21.4 Å². The smallest absolute Gasteiger partial charge is 0.233 e. The highest BCUT2D eigenvalue weighted by molar-refractivity contribution is 7.92. The zero-order valence-electron chi connectivity index (χ0n) is 15.3. The van der Waals surface area contributed by atoms with Crippen molar-refractivity contribution in [2.45, 2.75) is 13.3 Å². The molecule has 2 aromatic rings. The van der Waals surface area contributed by atoms with Crippen LogP contribution in [0.15, 0.2) is 30.3 Å². The van der Waals surface area contributed by atoms with E-state index in [1.54, 1.807) is 26.4 Å². The van der Waals surface area contributed by atoms with Gasteiger partial charge in [-0.2, -0.15) is 0 Å². The van der Waals surface area contributed by atoms with Crippen LogP contribution in [-0.2, 0) is 16.4 Å². The number of rotatable bonds is 8. The van der Waals surface area contributed by atoms with Crippen LogP contribution in [0.1, 0.15) is 11.1 Å². The van der Waals surface area contributed by atoms with Gasteiger partial charge >= 0.3 is 0 Å². The van der Waals surface area contributed by atoms with Crippen molar-refractivity contribution in [2.24, 2.45) is 0 Å². The first kappa shape index (κ1) is 19.7. The molecule has 0 aliphatic heterocycles. The standard InChI is InChI=1S/C18H24N2O5S/c1-12-9-17(24-3)14(18(10-12)25-4)7-8-26(21,22)20-13-5-6-16(23-2)15(19)11-13/h5-6,9-11,20H,7-8,19H2,1-4H3. The second kappa shape index (κ2) is 8.18. The fourth-order valence-corrected chi connectivity index (χ4v) is 3.69. The number of hydrogen-bond donors (Lipinski definition) is 2. The predicted molar refractivity (Wildman–Crippen MR) is 103 cm³/mol. The van der Waals surface area contributed by atoms with E-state index in [0.717, 1.165) is 5.56 Å². The van der Waals surface area contributed by atoms with Crippen molar-refractivity contribution in [3.8, 4) is 17.2 Å². The highest BCUT2D eigenvalue weighted by Crippen LogP contribution is 2.31. The molecular formula is C18H24N2O5S. The van der Waals surface area contributed by atoms with E-state index in [1.165, 1.54) is 13.2 Å². The minimum atomic E-state index is -3.59. The van der Waals surface area contributed by atoms with Gasteiger partial charge in [-0.3, -0.25) is 4.72 Å². The number of hydrogen-bond acceptors (Lipinski definition) is 6. The van der Waals surface area contributed by atoms with Gasteiger partial charge in [0.25, 0.3) is 0 Å². The minimum absolute atomic E-state index is 0.130. The lowest BCUT2D eigenvalue weighted by molar-refractivity contribution is 0.385. The maximum atomic E-state index is 12.4. The molecule has 0 fully saturated rings. The molecule has 0 atom stereocenters. The molecule has 7 nitrogen and oxygen atoms in total. The lowest BCUT2D eigenvalue weighted by Crippen LogP contribution is -2.19. The summed E-state index contributed by atoms with van der Waals surface area (Å²) in [5, 5.41) is 0. The molecule has 0 radical (unpaired) electrons. The van der Waals surface area contributed by atoms with E-state index >= 15 is 0 Å². The van der Waals surface area contributed by atoms with Crippen molar-refractivity contribution in [2.75, 3.05) is 37.5 Å². The third kappa shape index (κ3) is 4.72. The molecule has 2 rings (SSSR count). The molecule has 0 saturated carbocycles. The predicted octanol–water partition coefficient (Wildman–Crippen LogP) is 2.59. The van der Waals surface area contributed by atoms with Gasteiger partial charge in [-0.25, -0.2) is 8.42 Å². The molecule has 0 bridgehead atoms. The van der Waals surface area contributed by atoms with Crippen LogP contribution in [0.4, 0.5) is 11.4 Å². The second-order valence-electron chi connectivity index (χ2n) is 5.78. The summed E-state index contributed by atoms with van der Waals surface area (Å²) in [6.45, 7) is 1.92. The van der Waals surface area contributed by atoms with Crippen molar-refractivity contribution in [1.29, 1.82) is 0 Å². The van der Waals surface area contributed by atoms with Crippen molar-refractivity contribution in [1.82, 2.24) is 0 Å². The number of methoxy groups -OCH3 is 3. The first-order chi connectivity index (χ1) is 12.3. The number of sulfonamides is 1. The molecule has 8 heteroatoms. The zero-order valence-corrected chi connectivity index (χ0v) is 16.1. The van der Waals surface area contributed by atoms with Crippen LogP contribution >= 0.6 is 0 Å². The molecule has 0 aromatic heterocycles. The number of nitrogens with two attached hydrogens (primary N) is 1. The number of nitrogen functional groups attached to an aromatic ring is 1. The number of ether oxygens (including phenoxy) is 3. The summed E-state index contributed by atoms with van der Waals surface area (Å²) in [5.74, 6) is 1.56. The highest BCUT2D eigenvalue weighted by Gasteiger charge is 2.17. The van der Waals surface area contributed by atoms with Gasteiger partial charge in [-0.1, -0.05) is 0 Å². The van der Waals surface area contributed by atoms with Crippen LogP contribution in [0.2, 0.25) is 0 Å². The van der Waals surface area contributed by atoms with E-state index in [4.69, 9.17) is 19.9 Å². The summed E-state index contributed by atoms with van der Waals surface area (Å²) in [6.07, 6.45) is 0.244. The van der Waals surface area contributed by atoms with E-state index < -0.39 is 10.0 Å². The normalized spacial score (nSPS) is 11.1. The van der Waals surface area contributed by atoms with Crippen molar-refractivity contribution < 1.29 is 22.6 Å². The second-order valence-corrected chi connectivity index (χ2v) is 7.62. The Bertz CT molecular complexity index is 856. The lowest BCUT2D eigenvalue weighted by atomic mass is 10.1. The average Bonchev–Trinajstić information content (AvgIpc) is 2.59. The Labute approximate surface area is 154 Å². The van der Waals surface area contributed by atoms with Crippen LogP contribution in [0.3, 0.4) is 0 Å². The molecule has 0 aliphatic rings. The van der Waals surface area contributed by atoms with Gasteiger partial charge in [-0.15, -0.1) is 0 Å². The summed E-state index contributed by atoms with van der Waals surface area (Å²) in [7, 11) is 1.00. The van der Waals surface area contributed by atoms with Gasteiger partial charge in [0.1, 0.15) is 17.2 Å².